The van der Waals surface area contributed by atoms with E-state index in [1.807, 2.05) is 19.1 Å². The predicted octanol–water partition coefficient (Wildman–Crippen LogP) is 2.60. The van der Waals surface area contributed by atoms with Crippen LogP contribution in [0.2, 0.25) is 0 Å². The van der Waals surface area contributed by atoms with Gasteiger partial charge in [0.25, 0.3) is 5.91 Å². The Morgan fingerprint density at radius 3 is 2.78 bits per heavy atom. The first-order chi connectivity index (χ1) is 17.5. The molecule has 0 unspecified atom stereocenters. The highest BCUT2D eigenvalue weighted by Gasteiger charge is 2.43. The summed E-state index contributed by atoms with van der Waals surface area (Å²) in [5.74, 6) is 6.78. The third kappa shape index (κ3) is 4.41. The Hall–Kier alpha value is -3.87. The lowest BCUT2D eigenvalue weighted by Crippen LogP contribution is -2.55. The molecule has 6 rings (SSSR count). The molecule has 1 spiro atoms. The van der Waals surface area contributed by atoms with Gasteiger partial charge in [-0.3, -0.25) is 14.6 Å². The molecule has 0 radical (unpaired) electrons. The van der Waals surface area contributed by atoms with Crippen molar-refractivity contribution in [3.05, 3.63) is 53.7 Å². The number of hydrogen-bond acceptors (Lipinski definition) is 7. The zero-order valence-electron chi connectivity index (χ0n) is 19.9. The number of carbonyl (C=O) groups excluding carboxylic acids is 2. The van der Waals surface area contributed by atoms with Crippen molar-refractivity contribution < 1.29 is 19.1 Å². The molecule has 1 saturated carbocycles. The molecule has 5 heterocycles. The standard InChI is InChI=1S/C27H25N5O4/c1-17-23-13-30-24(31-26(34)18-2-3-18)10-22(23)19(11-28-17)4-5-20-6-7-21(12-29-20)32-15-27(8-9-35-16-27)36-14-25(32)33/h6-7,10-13,18H,2-3,8-9,14-16H2,1H3,(H,30,31,34)/t27-/m0/s1. The molecule has 9 nitrogen and oxygen atoms in total. The summed E-state index contributed by atoms with van der Waals surface area (Å²) < 4.78 is 11.3. The second kappa shape index (κ2) is 8.97. The number of aryl methyl sites for hydroxylation is 1. The Labute approximate surface area is 208 Å². The number of hydrogen-bond donors (Lipinski definition) is 1. The van der Waals surface area contributed by atoms with Crippen LogP contribution in [0.15, 0.2) is 36.8 Å². The Kier molecular flexibility index (Phi) is 5.63. The van der Waals surface area contributed by atoms with Crippen molar-refractivity contribution in [2.75, 3.05) is 36.6 Å². The lowest BCUT2D eigenvalue weighted by molar-refractivity contribution is -0.138. The van der Waals surface area contributed by atoms with E-state index in [1.165, 1.54) is 0 Å². The van der Waals surface area contributed by atoms with Gasteiger partial charge in [0.05, 0.1) is 30.6 Å². The van der Waals surface area contributed by atoms with Gasteiger partial charge in [0.1, 0.15) is 23.7 Å². The summed E-state index contributed by atoms with van der Waals surface area (Å²) >= 11 is 0. The van der Waals surface area contributed by atoms with Crippen LogP contribution in [0.5, 0.6) is 0 Å². The van der Waals surface area contributed by atoms with Crippen molar-refractivity contribution in [1.29, 1.82) is 0 Å². The van der Waals surface area contributed by atoms with Crippen LogP contribution in [0, 0.1) is 24.7 Å². The smallest absolute Gasteiger partial charge is 0.253 e. The first kappa shape index (κ1) is 22.6. The number of anilines is 2. The minimum atomic E-state index is -0.433. The summed E-state index contributed by atoms with van der Waals surface area (Å²) in [6.45, 7) is 3.54. The average Bonchev–Trinajstić information content (AvgIpc) is 3.66. The molecule has 36 heavy (non-hydrogen) atoms. The average molecular weight is 484 g/mol. The molecular weight excluding hydrogens is 458 g/mol. The van der Waals surface area contributed by atoms with Gasteiger partial charge in [0, 0.05) is 47.8 Å². The summed E-state index contributed by atoms with van der Waals surface area (Å²) in [5.41, 5.74) is 2.41. The van der Waals surface area contributed by atoms with Gasteiger partial charge in [-0.25, -0.2) is 9.97 Å². The van der Waals surface area contributed by atoms with E-state index in [2.05, 4.69) is 32.1 Å². The SMILES string of the molecule is Cc1ncc(C#Cc2ccc(N3C[C@]4(CCOC4)OCC3=O)cn2)c2cc(NC(=O)C3CC3)ncc12. The molecule has 1 atom stereocenters. The largest absolute Gasteiger partial charge is 0.378 e. The van der Waals surface area contributed by atoms with E-state index in [0.717, 1.165) is 41.3 Å². The maximum atomic E-state index is 12.5. The van der Waals surface area contributed by atoms with E-state index in [1.54, 1.807) is 29.6 Å². The molecule has 0 bridgehead atoms. The Bertz CT molecular complexity index is 1420. The number of nitrogens with one attached hydrogen (secondary N) is 1. The molecule has 2 amide bonds. The van der Waals surface area contributed by atoms with Crippen molar-refractivity contribution in [3.63, 3.8) is 0 Å². The summed E-state index contributed by atoms with van der Waals surface area (Å²) in [5, 5.41) is 4.65. The van der Waals surface area contributed by atoms with Crippen LogP contribution in [-0.4, -0.2) is 58.7 Å². The normalized spacial score (nSPS) is 21.5. The number of fused-ring (bicyclic) bond motifs is 1. The number of pyridine rings is 3. The second-order valence-corrected chi connectivity index (χ2v) is 9.54. The number of ether oxygens (including phenoxy) is 2. The van der Waals surface area contributed by atoms with Crippen molar-refractivity contribution in [1.82, 2.24) is 15.0 Å². The number of carbonyl (C=O) groups is 2. The van der Waals surface area contributed by atoms with Crippen LogP contribution in [0.1, 0.15) is 36.2 Å². The Morgan fingerprint density at radius 1 is 1.14 bits per heavy atom. The van der Waals surface area contributed by atoms with Gasteiger partial charge < -0.3 is 19.7 Å². The molecule has 182 valence electrons. The van der Waals surface area contributed by atoms with Crippen molar-refractivity contribution >= 4 is 34.1 Å². The van der Waals surface area contributed by atoms with Gasteiger partial charge in [-0.15, -0.1) is 0 Å². The van der Waals surface area contributed by atoms with Gasteiger partial charge in [-0.1, -0.05) is 5.92 Å². The van der Waals surface area contributed by atoms with Crippen LogP contribution < -0.4 is 10.2 Å². The maximum absolute atomic E-state index is 12.5. The molecule has 1 N–H and O–H groups in total. The summed E-state index contributed by atoms with van der Waals surface area (Å²) in [7, 11) is 0. The number of nitrogens with zero attached hydrogens (tertiary/aromatic N) is 4. The van der Waals surface area contributed by atoms with E-state index in [0.29, 0.717) is 37.0 Å². The quantitative estimate of drug-likeness (QED) is 0.571. The van der Waals surface area contributed by atoms with Gasteiger partial charge in [-0.2, -0.15) is 0 Å². The first-order valence-corrected chi connectivity index (χ1v) is 12.1. The van der Waals surface area contributed by atoms with Crippen LogP contribution in [0.4, 0.5) is 11.5 Å². The highest BCUT2D eigenvalue weighted by atomic mass is 16.6. The Morgan fingerprint density at radius 2 is 2.03 bits per heavy atom. The first-order valence-electron chi connectivity index (χ1n) is 12.1. The molecule has 1 aliphatic carbocycles. The monoisotopic (exact) mass is 483 g/mol. The van der Waals surface area contributed by atoms with Crippen molar-refractivity contribution in [2.24, 2.45) is 5.92 Å². The predicted molar refractivity (Wildman–Crippen MR) is 132 cm³/mol. The minimum Gasteiger partial charge on any atom is -0.378 e. The molecule has 3 aliphatic rings. The van der Waals surface area contributed by atoms with E-state index < -0.39 is 5.60 Å². The van der Waals surface area contributed by atoms with Crippen LogP contribution in [-0.2, 0) is 19.1 Å². The van der Waals surface area contributed by atoms with Gasteiger partial charge in [0.15, 0.2) is 0 Å². The fraction of sp³-hybridized carbons (Fsp3) is 0.370. The lowest BCUT2D eigenvalue weighted by atomic mass is 10.0. The third-order valence-corrected chi connectivity index (χ3v) is 6.87. The van der Waals surface area contributed by atoms with Gasteiger partial charge in [-0.05, 0) is 43.9 Å². The fourth-order valence-corrected chi connectivity index (χ4v) is 4.54. The number of aromatic nitrogens is 3. The highest BCUT2D eigenvalue weighted by molar-refractivity contribution is 5.97. The number of morpholine rings is 1. The molecule has 0 aromatic carbocycles. The topological polar surface area (TPSA) is 107 Å². The van der Waals surface area contributed by atoms with E-state index in [4.69, 9.17) is 9.47 Å². The fourth-order valence-electron chi connectivity index (χ4n) is 4.54. The summed E-state index contributed by atoms with van der Waals surface area (Å²) in [4.78, 5) is 39.7. The molecule has 3 aromatic rings. The van der Waals surface area contributed by atoms with E-state index in [9.17, 15) is 9.59 Å². The number of amides is 2. The molecule has 3 fully saturated rings. The molecule has 3 aromatic heterocycles. The molecule has 9 heteroatoms. The van der Waals surface area contributed by atoms with Crippen LogP contribution >= 0.6 is 0 Å². The highest BCUT2D eigenvalue weighted by Crippen LogP contribution is 2.31. The summed E-state index contributed by atoms with van der Waals surface area (Å²) in [6.07, 6.45) is 7.74. The van der Waals surface area contributed by atoms with Crippen molar-refractivity contribution in [2.45, 2.75) is 31.8 Å². The van der Waals surface area contributed by atoms with E-state index >= 15 is 0 Å². The van der Waals surface area contributed by atoms with E-state index in [-0.39, 0.29) is 24.3 Å². The molecule has 2 saturated heterocycles. The van der Waals surface area contributed by atoms with Crippen LogP contribution in [0.25, 0.3) is 10.8 Å². The third-order valence-electron chi connectivity index (χ3n) is 6.87. The zero-order valence-corrected chi connectivity index (χ0v) is 19.9. The van der Waals surface area contributed by atoms with Crippen molar-refractivity contribution in [3.8, 4) is 11.8 Å². The molecular formula is C27H25N5O4. The number of rotatable bonds is 3. The lowest BCUT2D eigenvalue weighted by Gasteiger charge is -2.38. The summed E-state index contributed by atoms with van der Waals surface area (Å²) in [6, 6.07) is 5.50. The van der Waals surface area contributed by atoms with Gasteiger partial charge in [0.2, 0.25) is 5.91 Å². The Balaban J connectivity index is 1.24. The second-order valence-electron chi connectivity index (χ2n) is 9.54. The molecule has 2 aliphatic heterocycles. The van der Waals surface area contributed by atoms with Crippen LogP contribution in [0.3, 0.4) is 0 Å². The maximum Gasteiger partial charge on any atom is 0.253 e. The zero-order chi connectivity index (χ0) is 24.7. The van der Waals surface area contributed by atoms with Gasteiger partial charge >= 0.3 is 0 Å². The minimum absolute atomic E-state index is 0.00896.